The van der Waals surface area contributed by atoms with Crippen LogP contribution in [0.2, 0.25) is 0 Å². The number of hydrogen-bond donors (Lipinski definition) is 0. The molecule has 0 aromatic heterocycles. The van der Waals surface area contributed by atoms with Crippen LogP contribution in [0.3, 0.4) is 0 Å². The minimum absolute atomic E-state index is 0.352. The summed E-state index contributed by atoms with van der Waals surface area (Å²) in [4.78, 5) is 9.83. The minimum Gasteiger partial charge on any atom is -0.484 e. The second kappa shape index (κ2) is 6.85. The molecule has 0 aliphatic rings. The van der Waals surface area contributed by atoms with Gasteiger partial charge in [-0.3, -0.25) is 10.1 Å². The quantitative estimate of drug-likeness (QED) is 0.234. The van der Waals surface area contributed by atoms with E-state index in [-0.39, 0.29) is 4.92 Å². The summed E-state index contributed by atoms with van der Waals surface area (Å²) in [5, 5.41) is 11.5. The van der Waals surface area contributed by atoms with Gasteiger partial charge in [-0.25, -0.2) is 0 Å². The maximum absolute atomic E-state index is 10.2. The molecule has 0 radical (unpaired) electrons. The lowest BCUT2D eigenvalue weighted by atomic mass is 10.7. The number of thiocarbonyl (C=S) groups is 1. The van der Waals surface area contributed by atoms with Gasteiger partial charge in [0.2, 0.25) is 0 Å². The van der Waals surface area contributed by atoms with E-state index in [1.54, 1.807) is 11.5 Å². The monoisotopic (exact) mass is 221 g/mol. The highest BCUT2D eigenvalue weighted by Crippen LogP contribution is 2.11. The second-order valence-electron chi connectivity index (χ2n) is 2.08. The first-order valence-corrected chi connectivity index (χ1v) is 5.05. The van der Waals surface area contributed by atoms with Crippen LogP contribution in [-0.2, 0) is 4.74 Å². The molecule has 0 aliphatic carbocycles. The Morgan fingerprint density at radius 3 is 2.92 bits per heavy atom. The van der Waals surface area contributed by atoms with Crippen LogP contribution in [0, 0.1) is 10.1 Å². The number of rotatable bonds is 5. The van der Waals surface area contributed by atoms with Gasteiger partial charge in [0, 0.05) is 11.8 Å². The lowest BCUT2D eigenvalue weighted by Crippen LogP contribution is -2.08. The molecule has 0 heterocycles. The van der Waals surface area contributed by atoms with E-state index in [0.717, 1.165) is 11.8 Å². The van der Waals surface area contributed by atoms with Gasteiger partial charge >= 0.3 is 0 Å². The number of hydrogen-bond acceptors (Lipinski definition) is 5. The van der Waals surface area contributed by atoms with Gasteiger partial charge in [0.05, 0.1) is 6.61 Å². The first-order chi connectivity index (χ1) is 6.07. The molecule has 0 N–H and O–H groups in total. The number of nitrogens with zero attached hydrogens (tertiary/aromatic N) is 1. The Bertz CT molecular complexity index is 218. The third-order valence-corrected chi connectivity index (χ3v) is 2.18. The Kier molecular flexibility index (Phi) is 6.52. The zero-order chi connectivity index (χ0) is 10.3. The normalized spacial score (nSPS) is 12.8. The van der Waals surface area contributed by atoms with Crippen molar-refractivity contribution in [3.05, 3.63) is 21.6 Å². The topological polar surface area (TPSA) is 52.4 Å². The SMILES string of the molecule is CCOC(=S)C=CSC(C)[N+](=O)[O-]. The Labute approximate surface area is 86.5 Å². The van der Waals surface area contributed by atoms with Crippen molar-refractivity contribution >= 4 is 29.0 Å². The molecule has 6 heteroatoms. The summed E-state index contributed by atoms with van der Waals surface area (Å²) in [6.45, 7) is 3.85. The molecule has 0 saturated heterocycles. The molecule has 4 nitrogen and oxygen atoms in total. The lowest BCUT2D eigenvalue weighted by Gasteiger charge is -1.99. The van der Waals surface area contributed by atoms with Crippen LogP contribution < -0.4 is 0 Å². The third kappa shape index (κ3) is 6.53. The van der Waals surface area contributed by atoms with Crippen LogP contribution in [0.5, 0.6) is 0 Å². The Morgan fingerprint density at radius 2 is 2.46 bits per heavy atom. The van der Waals surface area contributed by atoms with E-state index in [9.17, 15) is 10.1 Å². The maximum Gasteiger partial charge on any atom is 0.259 e. The van der Waals surface area contributed by atoms with Gasteiger partial charge in [-0.2, -0.15) is 0 Å². The largest absolute Gasteiger partial charge is 0.484 e. The van der Waals surface area contributed by atoms with E-state index in [0.29, 0.717) is 11.7 Å². The molecule has 74 valence electrons. The van der Waals surface area contributed by atoms with E-state index in [1.165, 1.54) is 6.92 Å². The molecule has 0 aromatic rings. The molecule has 0 fully saturated rings. The number of thioether (sulfide) groups is 1. The van der Waals surface area contributed by atoms with E-state index < -0.39 is 5.37 Å². The van der Waals surface area contributed by atoms with Crippen LogP contribution in [0.15, 0.2) is 11.5 Å². The number of ether oxygens (including phenoxy) is 1. The summed E-state index contributed by atoms with van der Waals surface area (Å²) >= 11 is 5.87. The first-order valence-electron chi connectivity index (χ1n) is 3.70. The summed E-state index contributed by atoms with van der Waals surface area (Å²) < 4.78 is 4.95. The van der Waals surface area contributed by atoms with Gasteiger partial charge in [-0.1, -0.05) is 11.8 Å². The summed E-state index contributed by atoms with van der Waals surface area (Å²) in [5.74, 6) is 0. The zero-order valence-electron chi connectivity index (χ0n) is 7.43. The van der Waals surface area contributed by atoms with Crippen molar-refractivity contribution in [1.29, 1.82) is 0 Å². The fourth-order valence-corrected chi connectivity index (χ4v) is 1.25. The molecule has 0 amide bonds. The van der Waals surface area contributed by atoms with Crippen molar-refractivity contribution in [3.8, 4) is 0 Å². The van der Waals surface area contributed by atoms with Crippen molar-refractivity contribution < 1.29 is 9.66 Å². The molecule has 13 heavy (non-hydrogen) atoms. The van der Waals surface area contributed by atoms with Crippen molar-refractivity contribution in [2.45, 2.75) is 19.2 Å². The van der Waals surface area contributed by atoms with E-state index >= 15 is 0 Å². The van der Waals surface area contributed by atoms with Gasteiger partial charge in [-0.15, -0.1) is 0 Å². The van der Waals surface area contributed by atoms with E-state index in [4.69, 9.17) is 17.0 Å². The highest BCUT2D eigenvalue weighted by Gasteiger charge is 2.09. The zero-order valence-corrected chi connectivity index (χ0v) is 9.06. The van der Waals surface area contributed by atoms with Crippen LogP contribution >= 0.6 is 24.0 Å². The minimum atomic E-state index is -0.652. The smallest absolute Gasteiger partial charge is 0.259 e. The lowest BCUT2D eigenvalue weighted by molar-refractivity contribution is -0.490. The van der Waals surface area contributed by atoms with E-state index in [2.05, 4.69) is 0 Å². The Hall–Kier alpha value is -0.620. The predicted molar refractivity (Wildman–Crippen MR) is 57.4 cm³/mol. The van der Waals surface area contributed by atoms with Gasteiger partial charge in [-0.05, 0) is 30.6 Å². The predicted octanol–water partition coefficient (Wildman–Crippen LogP) is 2.22. The highest BCUT2D eigenvalue weighted by molar-refractivity contribution is 8.02. The van der Waals surface area contributed by atoms with Gasteiger partial charge in [0.25, 0.3) is 5.37 Å². The van der Waals surface area contributed by atoms with Crippen LogP contribution in [0.1, 0.15) is 13.8 Å². The molecule has 0 spiro atoms. The molecular formula is C7H11NO3S2. The van der Waals surface area contributed by atoms with Crippen LogP contribution in [-0.4, -0.2) is 22.0 Å². The summed E-state index contributed by atoms with van der Waals surface area (Å²) in [6, 6.07) is 0. The summed E-state index contributed by atoms with van der Waals surface area (Å²) in [7, 11) is 0. The molecule has 0 rings (SSSR count). The molecular weight excluding hydrogens is 210 g/mol. The van der Waals surface area contributed by atoms with Crippen molar-refractivity contribution in [3.63, 3.8) is 0 Å². The van der Waals surface area contributed by atoms with Crippen LogP contribution in [0.4, 0.5) is 0 Å². The summed E-state index contributed by atoms with van der Waals surface area (Å²) in [6.07, 6.45) is 1.55. The average Bonchev–Trinajstić information content (AvgIpc) is 2.04. The third-order valence-electron chi connectivity index (χ3n) is 1.06. The fraction of sp³-hybridized carbons (Fsp3) is 0.571. The molecule has 0 bridgehead atoms. The Morgan fingerprint density at radius 1 is 1.85 bits per heavy atom. The molecule has 0 aliphatic heterocycles. The molecule has 1 atom stereocenters. The highest BCUT2D eigenvalue weighted by atomic mass is 32.2. The van der Waals surface area contributed by atoms with Crippen molar-refractivity contribution in [2.75, 3.05) is 6.61 Å². The average molecular weight is 221 g/mol. The second-order valence-corrected chi connectivity index (χ2v) is 3.70. The van der Waals surface area contributed by atoms with Gasteiger partial charge in [0.1, 0.15) is 0 Å². The number of nitro groups is 1. The molecule has 1 unspecified atom stereocenters. The first kappa shape index (κ1) is 12.4. The van der Waals surface area contributed by atoms with E-state index in [1.807, 2.05) is 6.92 Å². The van der Waals surface area contributed by atoms with Crippen molar-refractivity contribution in [2.24, 2.45) is 0 Å². The van der Waals surface area contributed by atoms with Crippen LogP contribution in [0.25, 0.3) is 0 Å². The van der Waals surface area contributed by atoms with Crippen molar-refractivity contribution in [1.82, 2.24) is 0 Å². The molecule has 0 saturated carbocycles. The van der Waals surface area contributed by atoms with Gasteiger partial charge in [0.15, 0.2) is 5.05 Å². The molecule has 0 aromatic carbocycles. The summed E-state index contributed by atoms with van der Waals surface area (Å²) in [5.41, 5.74) is 0. The fourth-order valence-electron chi connectivity index (χ4n) is 0.449. The standard InChI is InChI=1S/C7H11NO3S2/c1-3-11-7(12)4-5-13-6(2)8(9)10/h4-6H,3H2,1-2H3. The Balaban J connectivity index is 3.74. The maximum atomic E-state index is 10.2. The van der Waals surface area contributed by atoms with Gasteiger partial charge < -0.3 is 4.74 Å².